The Morgan fingerprint density at radius 2 is 2.10 bits per heavy atom. The van der Waals surface area contributed by atoms with Crippen molar-refractivity contribution in [1.82, 2.24) is 5.32 Å². The summed E-state index contributed by atoms with van der Waals surface area (Å²) in [4.78, 5) is 2.63. The zero-order chi connectivity index (χ0) is 14.9. The van der Waals surface area contributed by atoms with Gasteiger partial charge < -0.3 is 10.2 Å². The van der Waals surface area contributed by atoms with Crippen molar-refractivity contribution >= 4 is 5.69 Å². The second-order valence-electron chi connectivity index (χ2n) is 7.54. The highest BCUT2D eigenvalue weighted by molar-refractivity contribution is 5.57. The van der Waals surface area contributed by atoms with E-state index in [4.69, 9.17) is 0 Å². The molecule has 1 aliphatic heterocycles. The van der Waals surface area contributed by atoms with Gasteiger partial charge in [-0.05, 0) is 55.2 Å². The van der Waals surface area contributed by atoms with Crippen molar-refractivity contribution in [2.75, 3.05) is 24.5 Å². The number of benzene rings is 1. The van der Waals surface area contributed by atoms with E-state index in [2.05, 4.69) is 55.3 Å². The van der Waals surface area contributed by atoms with Gasteiger partial charge in [-0.25, -0.2) is 0 Å². The summed E-state index contributed by atoms with van der Waals surface area (Å²) in [6.45, 7) is 10.7. The van der Waals surface area contributed by atoms with Gasteiger partial charge in [-0.1, -0.05) is 39.0 Å². The molecule has 2 aliphatic rings. The predicted molar refractivity (Wildman–Crippen MR) is 90.9 cm³/mol. The first-order chi connectivity index (χ1) is 10.1. The van der Waals surface area contributed by atoms with E-state index >= 15 is 0 Å². The van der Waals surface area contributed by atoms with Crippen molar-refractivity contribution in [3.8, 4) is 0 Å². The van der Waals surface area contributed by atoms with E-state index in [0.29, 0.717) is 11.5 Å². The molecule has 1 N–H and O–H groups in total. The van der Waals surface area contributed by atoms with Gasteiger partial charge in [0.25, 0.3) is 0 Å². The standard InChI is InChI=1S/C19H30N2/c1-4-12-20-18-16(9-11-19(18,2)3)14-21-13-10-15-7-5-6-8-17(15)21/h5-8,16,18,20H,4,9-14H2,1-3H3. The highest BCUT2D eigenvalue weighted by Crippen LogP contribution is 2.42. The number of anilines is 1. The van der Waals surface area contributed by atoms with Crippen LogP contribution >= 0.6 is 0 Å². The van der Waals surface area contributed by atoms with E-state index in [1.54, 1.807) is 0 Å². The van der Waals surface area contributed by atoms with Gasteiger partial charge in [-0.3, -0.25) is 0 Å². The van der Waals surface area contributed by atoms with Gasteiger partial charge in [0.2, 0.25) is 0 Å². The van der Waals surface area contributed by atoms with E-state index in [-0.39, 0.29) is 0 Å². The zero-order valence-electron chi connectivity index (χ0n) is 13.9. The molecule has 0 amide bonds. The lowest BCUT2D eigenvalue weighted by Crippen LogP contribution is -2.45. The molecule has 0 bridgehead atoms. The maximum atomic E-state index is 3.84. The second-order valence-corrected chi connectivity index (χ2v) is 7.54. The molecule has 0 spiro atoms. The van der Waals surface area contributed by atoms with Gasteiger partial charge in [0.05, 0.1) is 0 Å². The van der Waals surface area contributed by atoms with Gasteiger partial charge in [0.15, 0.2) is 0 Å². The van der Waals surface area contributed by atoms with Gasteiger partial charge in [0, 0.05) is 24.8 Å². The van der Waals surface area contributed by atoms with Crippen LogP contribution in [0.15, 0.2) is 24.3 Å². The van der Waals surface area contributed by atoms with Crippen molar-refractivity contribution in [1.29, 1.82) is 0 Å². The average Bonchev–Trinajstić information content (AvgIpc) is 3.00. The number of para-hydroxylation sites is 1. The van der Waals surface area contributed by atoms with Crippen LogP contribution in [0.3, 0.4) is 0 Å². The minimum Gasteiger partial charge on any atom is -0.371 e. The molecule has 0 radical (unpaired) electrons. The molecule has 0 aromatic heterocycles. The number of fused-ring (bicyclic) bond motifs is 1. The van der Waals surface area contributed by atoms with E-state index < -0.39 is 0 Å². The van der Waals surface area contributed by atoms with Crippen LogP contribution in [-0.2, 0) is 6.42 Å². The molecule has 21 heavy (non-hydrogen) atoms. The van der Waals surface area contributed by atoms with Crippen LogP contribution in [0.1, 0.15) is 45.6 Å². The summed E-state index contributed by atoms with van der Waals surface area (Å²) in [6, 6.07) is 9.62. The zero-order valence-corrected chi connectivity index (χ0v) is 13.9. The van der Waals surface area contributed by atoms with E-state index in [1.165, 1.54) is 50.0 Å². The molecule has 2 unspecified atom stereocenters. The number of hydrogen-bond acceptors (Lipinski definition) is 2. The fourth-order valence-corrected chi connectivity index (χ4v) is 4.34. The molecule has 3 rings (SSSR count). The first-order valence-electron chi connectivity index (χ1n) is 8.68. The Morgan fingerprint density at radius 3 is 2.90 bits per heavy atom. The Bertz CT molecular complexity index is 480. The third kappa shape index (κ3) is 2.96. The van der Waals surface area contributed by atoms with E-state index in [1.807, 2.05) is 0 Å². The van der Waals surface area contributed by atoms with Crippen molar-refractivity contribution in [2.24, 2.45) is 11.3 Å². The number of hydrogen-bond donors (Lipinski definition) is 1. The minimum absolute atomic E-state index is 0.444. The maximum Gasteiger partial charge on any atom is 0.0399 e. The van der Waals surface area contributed by atoms with Crippen LogP contribution in [0.2, 0.25) is 0 Å². The molecule has 2 atom stereocenters. The minimum atomic E-state index is 0.444. The Hall–Kier alpha value is -1.02. The first kappa shape index (κ1) is 14.9. The SMILES string of the molecule is CCCNC1C(CN2CCc3ccccc32)CCC1(C)C. The summed E-state index contributed by atoms with van der Waals surface area (Å²) in [7, 11) is 0. The maximum absolute atomic E-state index is 3.84. The number of rotatable bonds is 5. The van der Waals surface area contributed by atoms with Crippen molar-refractivity contribution in [3.05, 3.63) is 29.8 Å². The monoisotopic (exact) mass is 286 g/mol. The van der Waals surface area contributed by atoms with Crippen LogP contribution in [0.25, 0.3) is 0 Å². The van der Waals surface area contributed by atoms with Gasteiger partial charge in [-0.2, -0.15) is 0 Å². The molecular formula is C19H30N2. The fourth-order valence-electron chi connectivity index (χ4n) is 4.34. The summed E-state index contributed by atoms with van der Waals surface area (Å²) in [6.07, 6.45) is 5.17. The quantitative estimate of drug-likeness (QED) is 0.884. The topological polar surface area (TPSA) is 15.3 Å². The van der Waals surface area contributed by atoms with Crippen molar-refractivity contribution in [3.63, 3.8) is 0 Å². The summed E-state index contributed by atoms with van der Waals surface area (Å²) in [5, 5.41) is 3.84. The highest BCUT2D eigenvalue weighted by atomic mass is 15.2. The summed E-state index contributed by atoms with van der Waals surface area (Å²) < 4.78 is 0. The smallest absolute Gasteiger partial charge is 0.0399 e. The van der Waals surface area contributed by atoms with Gasteiger partial charge in [0.1, 0.15) is 0 Å². The van der Waals surface area contributed by atoms with Gasteiger partial charge in [-0.15, -0.1) is 0 Å². The normalized spacial score (nSPS) is 27.1. The molecule has 1 fully saturated rings. The third-order valence-corrected chi connectivity index (χ3v) is 5.53. The van der Waals surface area contributed by atoms with Gasteiger partial charge >= 0.3 is 0 Å². The lowest BCUT2D eigenvalue weighted by molar-refractivity contribution is 0.250. The first-order valence-corrected chi connectivity index (χ1v) is 8.68. The molecule has 2 heteroatoms. The lowest BCUT2D eigenvalue weighted by atomic mass is 9.84. The largest absolute Gasteiger partial charge is 0.371 e. The molecule has 116 valence electrons. The van der Waals surface area contributed by atoms with E-state index in [9.17, 15) is 0 Å². The molecule has 1 aromatic rings. The molecule has 0 saturated heterocycles. The van der Waals surface area contributed by atoms with Crippen LogP contribution in [0.4, 0.5) is 5.69 Å². The highest BCUT2D eigenvalue weighted by Gasteiger charge is 2.42. The summed E-state index contributed by atoms with van der Waals surface area (Å²) >= 11 is 0. The number of nitrogens with one attached hydrogen (secondary N) is 1. The van der Waals surface area contributed by atoms with Crippen LogP contribution in [0.5, 0.6) is 0 Å². The number of nitrogens with zero attached hydrogens (tertiary/aromatic N) is 1. The second kappa shape index (κ2) is 6.00. The van der Waals surface area contributed by atoms with Crippen LogP contribution in [-0.4, -0.2) is 25.7 Å². The Balaban J connectivity index is 1.70. The van der Waals surface area contributed by atoms with E-state index in [0.717, 1.165) is 12.5 Å². The Morgan fingerprint density at radius 1 is 1.29 bits per heavy atom. The average molecular weight is 286 g/mol. The molecule has 1 heterocycles. The third-order valence-electron chi connectivity index (χ3n) is 5.53. The molecule has 2 nitrogen and oxygen atoms in total. The molecule has 1 aromatic carbocycles. The lowest BCUT2D eigenvalue weighted by Gasteiger charge is -2.34. The van der Waals surface area contributed by atoms with Crippen molar-refractivity contribution < 1.29 is 0 Å². The Kier molecular flexibility index (Phi) is 4.26. The summed E-state index contributed by atoms with van der Waals surface area (Å²) in [5.74, 6) is 0.790. The van der Waals surface area contributed by atoms with Crippen LogP contribution in [0, 0.1) is 11.3 Å². The summed E-state index contributed by atoms with van der Waals surface area (Å²) in [5.41, 5.74) is 3.46. The molecule has 1 saturated carbocycles. The van der Waals surface area contributed by atoms with Crippen LogP contribution < -0.4 is 10.2 Å². The molecular weight excluding hydrogens is 256 g/mol. The molecule has 1 aliphatic carbocycles. The Labute approximate surface area is 129 Å². The van der Waals surface area contributed by atoms with Crippen molar-refractivity contribution in [2.45, 2.75) is 52.5 Å². The fraction of sp³-hybridized carbons (Fsp3) is 0.684. The predicted octanol–water partition coefficient (Wildman–Crippen LogP) is 3.85.